The molecule has 1 aromatic carbocycles. The molecule has 0 bridgehead atoms. The molecule has 2 N–H and O–H groups in total. The number of carbonyl (C=O) groups is 1. The molecule has 3 heteroatoms. The number of aromatic hydroxyl groups is 1. The molecule has 0 spiro atoms. The normalized spacial score (nSPS) is 10.9. The number of Topliss-reactive ketones (excluding diaryl/α,β-unsaturated/α-hetero) is 1. The van der Waals surface area contributed by atoms with E-state index in [1.807, 2.05) is 19.9 Å². The first-order valence-corrected chi connectivity index (χ1v) is 5.30. The molecule has 0 aliphatic carbocycles. The van der Waals surface area contributed by atoms with Crippen molar-refractivity contribution in [1.82, 2.24) is 4.98 Å². The van der Waals surface area contributed by atoms with Gasteiger partial charge in [0.2, 0.25) is 0 Å². The van der Waals surface area contributed by atoms with Gasteiger partial charge in [-0.15, -0.1) is 0 Å². The number of rotatable bonds is 2. The molecule has 1 heterocycles. The number of aryl methyl sites for hydroxylation is 2. The number of phenolic OH excluding ortho intramolecular Hbond substituents is 1. The van der Waals surface area contributed by atoms with Gasteiger partial charge in [0.25, 0.3) is 0 Å². The summed E-state index contributed by atoms with van der Waals surface area (Å²) < 4.78 is 0. The van der Waals surface area contributed by atoms with Crippen LogP contribution in [0.3, 0.4) is 0 Å². The summed E-state index contributed by atoms with van der Waals surface area (Å²) in [5.41, 5.74) is 3.88. The number of H-pyrrole nitrogens is 1. The minimum absolute atomic E-state index is 0.0565. The number of hydrogen-bond donors (Lipinski definition) is 2. The number of aromatic nitrogens is 1. The van der Waals surface area contributed by atoms with Crippen LogP contribution in [0.5, 0.6) is 5.75 Å². The highest BCUT2D eigenvalue weighted by molar-refractivity contribution is 5.93. The smallest absolute Gasteiger partial charge is 0.134 e. The van der Waals surface area contributed by atoms with Crippen LogP contribution in [0.25, 0.3) is 10.9 Å². The average Bonchev–Trinajstić information content (AvgIpc) is 2.48. The zero-order chi connectivity index (χ0) is 11.9. The maximum atomic E-state index is 11.2. The standard InChI is InChI=1S/C13H15NO2/c1-7(15)6-10-12(16)5-4-11-13(10)8(2)9(3)14-11/h4-5,14,16H,6H2,1-3H3. The Morgan fingerprint density at radius 2 is 2.06 bits per heavy atom. The van der Waals surface area contributed by atoms with Gasteiger partial charge in [0.15, 0.2) is 0 Å². The summed E-state index contributed by atoms with van der Waals surface area (Å²) in [6.07, 6.45) is 0.279. The summed E-state index contributed by atoms with van der Waals surface area (Å²) in [4.78, 5) is 14.5. The molecule has 0 unspecified atom stereocenters. The Hall–Kier alpha value is -1.77. The fraction of sp³-hybridized carbons (Fsp3) is 0.308. The van der Waals surface area contributed by atoms with E-state index in [0.717, 1.165) is 27.7 Å². The Bertz CT molecular complexity index is 567. The summed E-state index contributed by atoms with van der Waals surface area (Å²) in [5.74, 6) is 0.255. The number of aromatic amines is 1. The van der Waals surface area contributed by atoms with E-state index in [-0.39, 0.29) is 18.0 Å². The lowest BCUT2D eigenvalue weighted by Crippen LogP contribution is -1.97. The number of carbonyl (C=O) groups excluding carboxylic acids is 1. The number of benzene rings is 1. The first-order chi connectivity index (χ1) is 7.50. The molecule has 0 aliphatic rings. The van der Waals surface area contributed by atoms with Crippen LogP contribution in [0, 0.1) is 13.8 Å². The molecule has 3 nitrogen and oxygen atoms in total. The van der Waals surface area contributed by atoms with Crippen molar-refractivity contribution >= 4 is 16.7 Å². The Morgan fingerprint density at radius 3 is 2.69 bits per heavy atom. The van der Waals surface area contributed by atoms with Gasteiger partial charge in [0.1, 0.15) is 11.5 Å². The van der Waals surface area contributed by atoms with Gasteiger partial charge in [-0.25, -0.2) is 0 Å². The summed E-state index contributed by atoms with van der Waals surface area (Å²) >= 11 is 0. The van der Waals surface area contributed by atoms with Gasteiger partial charge in [0.05, 0.1) is 0 Å². The van der Waals surface area contributed by atoms with Gasteiger partial charge in [-0.2, -0.15) is 0 Å². The van der Waals surface area contributed by atoms with Crippen LogP contribution in [-0.4, -0.2) is 15.9 Å². The van der Waals surface area contributed by atoms with Crippen molar-refractivity contribution in [2.75, 3.05) is 0 Å². The first kappa shape index (κ1) is 10.7. The maximum absolute atomic E-state index is 11.2. The fourth-order valence-corrected chi connectivity index (χ4v) is 2.08. The Morgan fingerprint density at radius 1 is 1.38 bits per heavy atom. The van der Waals surface area contributed by atoms with Crippen LogP contribution >= 0.6 is 0 Å². The molecule has 0 aliphatic heterocycles. The zero-order valence-electron chi connectivity index (χ0n) is 9.72. The van der Waals surface area contributed by atoms with Crippen LogP contribution in [0.2, 0.25) is 0 Å². The molecule has 2 aromatic rings. The molecular formula is C13H15NO2. The van der Waals surface area contributed by atoms with E-state index >= 15 is 0 Å². The largest absolute Gasteiger partial charge is 0.508 e. The third-order valence-electron chi connectivity index (χ3n) is 2.97. The summed E-state index contributed by atoms with van der Waals surface area (Å²) in [6, 6.07) is 3.48. The average molecular weight is 217 g/mol. The Labute approximate surface area is 94.1 Å². The summed E-state index contributed by atoms with van der Waals surface area (Å²) in [6.45, 7) is 5.52. The predicted molar refractivity (Wildman–Crippen MR) is 63.8 cm³/mol. The van der Waals surface area contributed by atoms with Crippen LogP contribution in [0.4, 0.5) is 0 Å². The van der Waals surface area contributed by atoms with E-state index in [1.165, 1.54) is 6.92 Å². The third-order valence-corrected chi connectivity index (χ3v) is 2.97. The van der Waals surface area contributed by atoms with Crippen LogP contribution < -0.4 is 0 Å². The minimum Gasteiger partial charge on any atom is -0.508 e. The summed E-state index contributed by atoms with van der Waals surface area (Å²) in [7, 11) is 0. The van der Waals surface area contributed by atoms with Gasteiger partial charge in [-0.1, -0.05) is 0 Å². The second-order valence-electron chi connectivity index (χ2n) is 4.24. The number of hydrogen-bond acceptors (Lipinski definition) is 2. The lowest BCUT2D eigenvalue weighted by Gasteiger charge is -2.05. The molecule has 0 saturated carbocycles. The number of phenols is 1. The highest BCUT2D eigenvalue weighted by Crippen LogP contribution is 2.31. The first-order valence-electron chi connectivity index (χ1n) is 5.30. The Kier molecular flexibility index (Phi) is 2.46. The van der Waals surface area contributed by atoms with Crippen molar-refractivity contribution in [3.05, 3.63) is 29.0 Å². The van der Waals surface area contributed by atoms with Gasteiger partial charge in [0, 0.05) is 28.6 Å². The van der Waals surface area contributed by atoms with E-state index < -0.39 is 0 Å². The topological polar surface area (TPSA) is 53.1 Å². The van der Waals surface area contributed by atoms with Gasteiger partial charge < -0.3 is 10.1 Å². The Balaban J connectivity index is 2.77. The van der Waals surface area contributed by atoms with Crippen LogP contribution in [-0.2, 0) is 11.2 Å². The molecule has 0 radical (unpaired) electrons. The quantitative estimate of drug-likeness (QED) is 0.812. The number of ketones is 1. The third kappa shape index (κ3) is 1.58. The highest BCUT2D eigenvalue weighted by Gasteiger charge is 2.13. The van der Waals surface area contributed by atoms with Crippen molar-refractivity contribution < 1.29 is 9.90 Å². The van der Waals surface area contributed by atoms with E-state index in [2.05, 4.69) is 4.98 Å². The fourth-order valence-electron chi connectivity index (χ4n) is 2.08. The van der Waals surface area contributed by atoms with Gasteiger partial charge in [-0.3, -0.25) is 4.79 Å². The van der Waals surface area contributed by atoms with Crippen molar-refractivity contribution in [1.29, 1.82) is 0 Å². The number of fused-ring (bicyclic) bond motifs is 1. The zero-order valence-corrected chi connectivity index (χ0v) is 9.72. The second kappa shape index (κ2) is 3.67. The molecule has 0 saturated heterocycles. The highest BCUT2D eigenvalue weighted by atomic mass is 16.3. The van der Waals surface area contributed by atoms with Crippen LogP contribution in [0.15, 0.2) is 12.1 Å². The number of nitrogens with one attached hydrogen (secondary N) is 1. The molecule has 1 aromatic heterocycles. The molecular weight excluding hydrogens is 202 g/mol. The van der Waals surface area contributed by atoms with Crippen molar-refractivity contribution in [2.24, 2.45) is 0 Å². The SMILES string of the molecule is CC(=O)Cc1c(O)ccc2[nH]c(C)c(C)c12. The molecule has 84 valence electrons. The second-order valence-corrected chi connectivity index (χ2v) is 4.24. The van der Waals surface area contributed by atoms with Crippen LogP contribution in [0.1, 0.15) is 23.7 Å². The lowest BCUT2D eigenvalue weighted by molar-refractivity contribution is -0.116. The van der Waals surface area contributed by atoms with Crippen molar-refractivity contribution in [3.8, 4) is 5.75 Å². The van der Waals surface area contributed by atoms with E-state index in [4.69, 9.17) is 0 Å². The molecule has 0 atom stereocenters. The van der Waals surface area contributed by atoms with Gasteiger partial charge in [-0.05, 0) is 38.5 Å². The summed E-state index contributed by atoms with van der Waals surface area (Å²) in [5, 5.41) is 10.8. The van der Waals surface area contributed by atoms with E-state index in [0.29, 0.717) is 0 Å². The minimum atomic E-state index is 0.0565. The maximum Gasteiger partial charge on any atom is 0.134 e. The van der Waals surface area contributed by atoms with E-state index in [9.17, 15) is 9.90 Å². The molecule has 0 amide bonds. The van der Waals surface area contributed by atoms with Gasteiger partial charge >= 0.3 is 0 Å². The molecule has 0 fully saturated rings. The van der Waals surface area contributed by atoms with Crippen molar-refractivity contribution in [3.63, 3.8) is 0 Å². The predicted octanol–water partition coefficient (Wildman–Crippen LogP) is 2.62. The lowest BCUT2D eigenvalue weighted by atomic mass is 10.0. The molecule has 16 heavy (non-hydrogen) atoms. The molecule has 2 rings (SSSR count). The van der Waals surface area contributed by atoms with Crippen molar-refractivity contribution in [2.45, 2.75) is 27.2 Å². The monoisotopic (exact) mass is 217 g/mol. The van der Waals surface area contributed by atoms with E-state index in [1.54, 1.807) is 6.07 Å².